The summed E-state index contributed by atoms with van der Waals surface area (Å²) in [4.78, 5) is 25.3. The molecule has 0 aromatic rings. The molecule has 0 aliphatic carbocycles. The first-order valence-corrected chi connectivity index (χ1v) is 13.2. The number of allylic oxidation sites excluding steroid dienone is 2. The molecule has 1 N–H and O–H groups in total. The third-order valence-electron chi connectivity index (χ3n) is 5.50. The van der Waals surface area contributed by atoms with Crippen molar-refractivity contribution in [3.8, 4) is 0 Å². The van der Waals surface area contributed by atoms with Gasteiger partial charge in [0.25, 0.3) is 0 Å². The van der Waals surface area contributed by atoms with Crippen molar-refractivity contribution in [1.29, 1.82) is 0 Å². The molecule has 0 saturated heterocycles. The van der Waals surface area contributed by atoms with Crippen molar-refractivity contribution in [2.45, 2.75) is 116 Å². The zero-order valence-electron chi connectivity index (χ0n) is 21.7. The maximum Gasteiger partial charge on any atom is 0.305 e. The highest BCUT2D eigenvalue weighted by Crippen LogP contribution is 2.10. The summed E-state index contributed by atoms with van der Waals surface area (Å²) in [5, 5.41) is 9.80. The zero-order chi connectivity index (χ0) is 24.6. The summed E-state index contributed by atoms with van der Waals surface area (Å²) in [6.45, 7) is 2.80. The quantitative estimate of drug-likeness (QED) is 0.116. The van der Waals surface area contributed by atoms with Gasteiger partial charge in [0.1, 0.15) is 19.3 Å². The van der Waals surface area contributed by atoms with Crippen LogP contribution >= 0.6 is 0 Å². The Morgan fingerprint density at radius 3 is 1.70 bits per heavy atom. The Morgan fingerprint density at radius 2 is 1.18 bits per heavy atom. The molecule has 1 unspecified atom stereocenters. The second-order valence-electron chi connectivity index (χ2n) is 9.26. The smallest absolute Gasteiger partial charge is 0.305 e. The first-order valence-electron chi connectivity index (χ1n) is 13.2. The Kier molecular flexibility index (Phi) is 22.7. The molecule has 0 saturated carbocycles. The fourth-order valence-electron chi connectivity index (χ4n) is 3.45. The van der Waals surface area contributed by atoms with E-state index in [0.29, 0.717) is 19.3 Å². The van der Waals surface area contributed by atoms with Gasteiger partial charge >= 0.3 is 11.9 Å². The molecule has 0 spiro atoms. The fourth-order valence-corrected chi connectivity index (χ4v) is 3.45. The number of nitrogens with zero attached hydrogens (tertiary/aromatic N) is 1. The van der Waals surface area contributed by atoms with E-state index in [9.17, 15) is 14.7 Å². The molecule has 0 radical (unpaired) electrons. The summed E-state index contributed by atoms with van der Waals surface area (Å²) in [5.41, 5.74) is 0. The van der Waals surface area contributed by atoms with Crippen molar-refractivity contribution in [1.82, 2.24) is 4.90 Å². The van der Waals surface area contributed by atoms with Gasteiger partial charge in [-0.05, 0) is 59.2 Å². The summed E-state index contributed by atoms with van der Waals surface area (Å²) in [7, 11) is 3.89. The van der Waals surface area contributed by atoms with Gasteiger partial charge in [-0.25, -0.2) is 0 Å². The van der Waals surface area contributed by atoms with Crippen LogP contribution in [0.5, 0.6) is 0 Å². The van der Waals surface area contributed by atoms with Gasteiger partial charge in [-0.15, -0.1) is 0 Å². The Morgan fingerprint density at radius 1 is 0.727 bits per heavy atom. The summed E-state index contributed by atoms with van der Waals surface area (Å²) < 4.78 is 10.1. The van der Waals surface area contributed by atoms with Crippen LogP contribution in [0.25, 0.3) is 0 Å². The van der Waals surface area contributed by atoms with E-state index in [-0.39, 0.29) is 25.2 Å². The molecule has 6 nitrogen and oxygen atoms in total. The van der Waals surface area contributed by atoms with Gasteiger partial charge in [0, 0.05) is 12.8 Å². The van der Waals surface area contributed by atoms with E-state index in [1.807, 2.05) is 19.0 Å². The largest absolute Gasteiger partial charge is 0.463 e. The molecule has 0 heterocycles. The van der Waals surface area contributed by atoms with Crippen LogP contribution in [0.3, 0.4) is 0 Å². The second kappa shape index (κ2) is 23.7. The number of unbranched alkanes of at least 4 members (excludes halogenated alkanes) is 11. The van der Waals surface area contributed by atoms with Crippen molar-refractivity contribution < 1.29 is 24.2 Å². The first-order chi connectivity index (χ1) is 16.0. The number of hydrogen-bond acceptors (Lipinski definition) is 6. The van der Waals surface area contributed by atoms with Gasteiger partial charge in [-0.2, -0.15) is 0 Å². The van der Waals surface area contributed by atoms with Crippen LogP contribution in [0.1, 0.15) is 110 Å². The molecule has 0 aliphatic heterocycles. The summed E-state index contributed by atoms with van der Waals surface area (Å²) in [6.07, 6.45) is 20.9. The standard InChI is InChI=1S/C27H51NO5/c1-4-5-6-7-8-9-10-11-12-13-14-15-16-17-18-20-26(30)32-23-25(29)24-33-27(31)21-19-22-28(2)3/h11-12,25,29H,4-10,13-24H2,1-3H3/b12-11+. The van der Waals surface area contributed by atoms with E-state index in [1.165, 1.54) is 57.8 Å². The highest BCUT2D eigenvalue weighted by molar-refractivity contribution is 5.69. The molecule has 0 bridgehead atoms. The summed E-state index contributed by atoms with van der Waals surface area (Å²) in [6, 6.07) is 0. The Bertz CT molecular complexity index is 493. The third kappa shape index (κ3) is 25.1. The van der Waals surface area contributed by atoms with Crippen LogP contribution in [-0.2, 0) is 19.1 Å². The van der Waals surface area contributed by atoms with Crippen molar-refractivity contribution in [2.24, 2.45) is 0 Å². The van der Waals surface area contributed by atoms with E-state index in [1.54, 1.807) is 0 Å². The van der Waals surface area contributed by atoms with Crippen molar-refractivity contribution in [3.63, 3.8) is 0 Å². The molecule has 1 atom stereocenters. The van der Waals surface area contributed by atoms with E-state index >= 15 is 0 Å². The van der Waals surface area contributed by atoms with Gasteiger partial charge in [0.2, 0.25) is 0 Å². The third-order valence-corrected chi connectivity index (χ3v) is 5.50. The number of ether oxygens (including phenoxy) is 2. The molecule has 0 rings (SSSR count). The Hall–Kier alpha value is -1.40. The number of hydrogen-bond donors (Lipinski definition) is 1. The minimum Gasteiger partial charge on any atom is -0.463 e. The van der Waals surface area contributed by atoms with Gasteiger partial charge in [0.05, 0.1) is 0 Å². The van der Waals surface area contributed by atoms with Crippen molar-refractivity contribution >= 4 is 11.9 Å². The Labute approximate surface area is 203 Å². The van der Waals surface area contributed by atoms with E-state index < -0.39 is 6.10 Å². The van der Waals surface area contributed by atoms with Gasteiger partial charge in [-0.3, -0.25) is 9.59 Å². The lowest BCUT2D eigenvalue weighted by Crippen LogP contribution is -2.25. The molecule has 0 fully saturated rings. The lowest BCUT2D eigenvalue weighted by Gasteiger charge is -2.12. The summed E-state index contributed by atoms with van der Waals surface area (Å²) in [5.74, 6) is -0.639. The van der Waals surface area contributed by atoms with Crippen LogP contribution in [0, 0.1) is 0 Å². The number of carbonyl (C=O) groups excluding carboxylic acids is 2. The predicted octanol–water partition coefficient (Wildman–Crippen LogP) is 5.81. The van der Waals surface area contributed by atoms with E-state index in [0.717, 1.165) is 32.2 Å². The number of aliphatic hydroxyl groups is 1. The zero-order valence-corrected chi connectivity index (χ0v) is 21.7. The minimum absolute atomic E-state index is 0.130. The maximum absolute atomic E-state index is 11.8. The molecule has 0 aromatic carbocycles. The van der Waals surface area contributed by atoms with Crippen LogP contribution in [0.2, 0.25) is 0 Å². The molecule has 0 amide bonds. The molecule has 0 aromatic heterocycles. The lowest BCUT2D eigenvalue weighted by molar-refractivity contribution is -0.152. The van der Waals surface area contributed by atoms with E-state index in [4.69, 9.17) is 9.47 Å². The van der Waals surface area contributed by atoms with Gasteiger partial charge in [0.15, 0.2) is 0 Å². The lowest BCUT2D eigenvalue weighted by atomic mass is 10.1. The molecular formula is C27H51NO5. The first kappa shape index (κ1) is 31.6. The van der Waals surface area contributed by atoms with Crippen LogP contribution in [-0.4, -0.2) is 61.9 Å². The monoisotopic (exact) mass is 469 g/mol. The normalized spacial score (nSPS) is 12.4. The molecule has 194 valence electrons. The number of esters is 2. The van der Waals surface area contributed by atoms with E-state index in [2.05, 4.69) is 19.1 Å². The SMILES string of the molecule is CCCCCCCC/C=C/CCCCCCCC(=O)OCC(O)COC(=O)CCCN(C)C. The minimum atomic E-state index is -0.971. The number of rotatable bonds is 23. The average Bonchev–Trinajstić information content (AvgIpc) is 2.78. The predicted molar refractivity (Wildman–Crippen MR) is 135 cm³/mol. The number of carbonyl (C=O) groups is 2. The van der Waals surface area contributed by atoms with Crippen LogP contribution in [0.4, 0.5) is 0 Å². The Balaban J connectivity index is 3.44. The molecule has 33 heavy (non-hydrogen) atoms. The molecule has 0 aliphatic rings. The van der Waals surface area contributed by atoms with Gasteiger partial charge < -0.3 is 19.5 Å². The highest BCUT2D eigenvalue weighted by atomic mass is 16.6. The van der Waals surface area contributed by atoms with Crippen LogP contribution in [0.15, 0.2) is 12.2 Å². The highest BCUT2D eigenvalue weighted by Gasteiger charge is 2.12. The number of aliphatic hydroxyl groups excluding tert-OH is 1. The van der Waals surface area contributed by atoms with Crippen molar-refractivity contribution in [3.05, 3.63) is 12.2 Å². The van der Waals surface area contributed by atoms with Gasteiger partial charge in [-0.1, -0.05) is 70.4 Å². The second-order valence-corrected chi connectivity index (χ2v) is 9.26. The molecular weight excluding hydrogens is 418 g/mol. The summed E-state index contributed by atoms with van der Waals surface area (Å²) >= 11 is 0. The fraction of sp³-hybridized carbons (Fsp3) is 0.852. The van der Waals surface area contributed by atoms with Crippen LogP contribution < -0.4 is 0 Å². The average molecular weight is 470 g/mol. The molecule has 6 heteroatoms. The van der Waals surface area contributed by atoms with Crippen molar-refractivity contribution in [2.75, 3.05) is 33.9 Å². The topological polar surface area (TPSA) is 76.1 Å². The maximum atomic E-state index is 11.8.